The number of nitrogens with one attached hydrogen (secondary N) is 1. The van der Waals surface area contributed by atoms with Crippen LogP contribution in [0.5, 0.6) is 0 Å². The summed E-state index contributed by atoms with van der Waals surface area (Å²) in [6, 6.07) is 1.13. The summed E-state index contributed by atoms with van der Waals surface area (Å²) in [4.78, 5) is 14.8. The lowest BCUT2D eigenvalue weighted by Crippen LogP contribution is -2.53. The van der Waals surface area contributed by atoms with E-state index in [0.29, 0.717) is 12.1 Å². The van der Waals surface area contributed by atoms with Gasteiger partial charge in [-0.05, 0) is 58.0 Å². The van der Waals surface area contributed by atoms with Crippen LogP contribution in [0.15, 0.2) is 0 Å². The van der Waals surface area contributed by atoms with Crippen LogP contribution in [0.2, 0.25) is 0 Å². The molecule has 2 unspecified atom stereocenters. The monoisotopic (exact) mass is 266 g/mol. The fraction of sp³-hybridized carbons (Fsp3) is 0.933. The van der Waals surface area contributed by atoms with Crippen LogP contribution in [0.4, 0.5) is 0 Å². The molecular weight excluding hydrogens is 240 g/mol. The lowest BCUT2D eigenvalue weighted by Gasteiger charge is -2.34. The van der Waals surface area contributed by atoms with Crippen molar-refractivity contribution in [2.24, 2.45) is 0 Å². The maximum absolute atomic E-state index is 12.2. The van der Waals surface area contributed by atoms with Crippen molar-refractivity contribution in [3.05, 3.63) is 0 Å². The third-order valence-electron chi connectivity index (χ3n) is 5.03. The number of ether oxygens (including phenoxy) is 1. The SMILES string of the molecule is COC(=O)C1(NC2CC2)CCC(N2CCCCC2)C1. The van der Waals surface area contributed by atoms with Crippen molar-refractivity contribution in [3.8, 4) is 0 Å². The summed E-state index contributed by atoms with van der Waals surface area (Å²) in [5, 5.41) is 3.58. The van der Waals surface area contributed by atoms with E-state index in [1.807, 2.05) is 0 Å². The van der Waals surface area contributed by atoms with E-state index in [1.54, 1.807) is 0 Å². The van der Waals surface area contributed by atoms with E-state index in [4.69, 9.17) is 4.74 Å². The van der Waals surface area contributed by atoms with Crippen LogP contribution in [0.25, 0.3) is 0 Å². The van der Waals surface area contributed by atoms with E-state index in [-0.39, 0.29) is 5.97 Å². The van der Waals surface area contributed by atoms with Crippen LogP contribution in [0.3, 0.4) is 0 Å². The Hall–Kier alpha value is -0.610. The number of methoxy groups -OCH3 is 1. The minimum atomic E-state index is -0.391. The molecule has 0 spiro atoms. The molecule has 1 aliphatic heterocycles. The van der Waals surface area contributed by atoms with Crippen molar-refractivity contribution >= 4 is 5.97 Å². The molecule has 1 saturated heterocycles. The molecule has 1 heterocycles. The predicted octanol–water partition coefficient (Wildman–Crippen LogP) is 1.69. The number of rotatable bonds is 4. The molecule has 108 valence electrons. The molecule has 0 aromatic rings. The lowest BCUT2D eigenvalue weighted by atomic mass is 9.96. The third kappa shape index (κ3) is 2.79. The molecule has 3 fully saturated rings. The smallest absolute Gasteiger partial charge is 0.326 e. The van der Waals surface area contributed by atoms with E-state index < -0.39 is 5.54 Å². The molecule has 0 bridgehead atoms. The molecule has 0 aromatic heterocycles. The van der Waals surface area contributed by atoms with Gasteiger partial charge in [-0.3, -0.25) is 10.1 Å². The zero-order valence-electron chi connectivity index (χ0n) is 12.0. The number of carbonyl (C=O) groups is 1. The first kappa shape index (κ1) is 13.4. The van der Waals surface area contributed by atoms with E-state index in [2.05, 4.69) is 10.2 Å². The highest BCUT2D eigenvalue weighted by atomic mass is 16.5. The van der Waals surface area contributed by atoms with Crippen molar-refractivity contribution in [2.75, 3.05) is 20.2 Å². The zero-order valence-corrected chi connectivity index (χ0v) is 12.0. The second-order valence-electron chi connectivity index (χ2n) is 6.49. The van der Waals surface area contributed by atoms with Crippen LogP contribution in [0.1, 0.15) is 51.4 Å². The first-order chi connectivity index (χ1) is 9.23. The van der Waals surface area contributed by atoms with Gasteiger partial charge in [0.2, 0.25) is 0 Å². The molecule has 3 rings (SSSR count). The second-order valence-corrected chi connectivity index (χ2v) is 6.49. The summed E-state index contributed by atoms with van der Waals surface area (Å²) in [5.74, 6) is -0.0427. The molecule has 0 amide bonds. The molecule has 1 N–H and O–H groups in total. The van der Waals surface area contributed by atoms with E-state index >= 15 is 0 Å². The van der Waals surface area contributed by atoms with Crippen molar-refractivity contribution in [3.63, 3.8) is 0 Å². The fourth-order valence-electron chi connectivity index (χ4n) is 3.80. The molecular formula is C15H26N2O2. The summed E-state index contributed by atoms with van der Waals surface area (Å²) in [6.07, 6.45) is 9.45. The Balaban J connectivity index is 1.66. The molecule has 19 heavy (non-hydrogen) atoms. The average Bonchev–Trinajstić information content (AvgIpc) is 3.16. The number of hydrogen-bond acceptors (Lipinski definition) is 4. The maximum atomic E-state index is 12.2. The van der Waals surface area contributed by atoms with Gasteiger partial charge in [0.1, 0.15) is 5.54 Å². The standard InChI is InChI=1S/C15H26N2O2/c1-19-14(18)15(16-12-5-6-12)8-7-13(11-15)17-9-3-2-4-10-17/h12-13,16H,2-11H2,1H3. The van der Waals surface area contributed by atoms with Gasteiger partial charge in [0, 0.05) is 12.1 Å². The number of nitrogens with zero attached hydrogens (tertiary/aromatic N) is 1. The fourth-order valence-corrected chi connectivity index (χ4v) is 3.80. The summed E-state index contributed by atoms with van der Waals surface area (Å²) < 4.78 is 5.08. The summed E-state index contributed by atoms with van der Waals surface area (Å²) in [7, 11) is 1.52. The normalized spacial score (nSPS) is 36.4. The number of piperidine rings is 1. The Labute approximate surface area is 115 Å². The van der Waals surface area contributed by atoms with Gasteiger partial charge in [0.15, 0.2) is 0 Å². The van der Waals surface area contributed by atoms with Gasteiger partial charge in [0.25, 0.3) is 0 Å². The quantitative estimate of drug-likeness (QED) is 0.786. The van der Waals surface area contributed by atoms with E-state index in [9.17, 15) is 4.79 Å². The highest BCUT2D eigenvalue weighted by Gasteiger charge is 2.49. The average molecular weight is 266 g/mol. The lowest BCUT2D eigenvalue weighted by molar-refractivity contribution is -0.148. The van der Waals surface area contributed by atoms with Crippen LogP contribution >= 0.6 is 0 Å². The van der Waals surface area contributed by atoms with Gasteiger partial charge >= 0.3 is 5.97 Å². The molecule has 0 radical (unpaired) electrons. The molecule has 2 aliphatic carbocycles. The molecule has 2 atom stereocenters. The Morgan fingerprint density at radius 1 is 1.21 bits per heavy atom. The van der Waals surface area contributed by atoms with Gasteiger partial charge in [-0.1, -0.05) is 6.42 Å². The Kier molecular flexibility index (Phi) is 3.81. The van der Waals surface area contributed by atoms with Crippen molar-refractivity contribution in [2.45, 2.75) is 69.0 Å². The third-order valence-corrected chi connectivity index (χ3v) is 5.03. The summed E-state index contributed by atoms with van der Waals surface area (Å²) in [5.41, 5.74) is -0.391. The van der Waals surface area contributed by atoms with Gasteiger partial charge < -0.3 is 9.64 Å². The summed E-state index contributed by atoms with van der Waals surface area (Å²) in [6.45, 7) is 2.43. The summed E-state index contributed by atoms with van der Waals surface area (Å²) >= 11 is 0. The minimum absolute atomic E-state index is 0.0427. The minimum Gasteiger partial charge on any atom is -0.468 e. The van der Waals surface area contributed by atoms with Crippen LogP contribution < -0.4 is 5.32 Å². The van der Waals surface area contributed by atoms with Crippen molar-refractivity contribution in [1.82, 2.24) is 10.2 Å². The van der Waals surface area contributed by atoms with E-state index in [1.165, 1.54) is 52.3 Å². The zero-order chi connectivity index (χ0) is 13.3. The van der Waals surface area contributed by atoms with Crippen molar-refractivity contribution < 1.29 is 9.53 Å². The van der Waals surface area contributed by atoms with Crippen LogP contribution in [0, 0.1) is 0 Å². The number of esters is 1. The Bertz CT molecular complexity index is 337. The molecule has 3 aliphatic rings. The first-order valence-corrected chi connectivity index (χ1v) is 7.84. The number of carbonyl (C=O) groups excluding carboxylic acids is 1. The first-order valence-electron chi connectivity index (χ1n) is 7.84. The van der Waals surface area contributed by atoms with E-state index in [0.717, 1.165) is 19.3 Å². The molecule has 2 saturated carbocycles. The Morgan fingerprint density at radius 2 is 1.95 bits per heavy atom. The van der Waals surface area contributed by atoms with Crippen molar-refractivity contribution in [1.29, 1.82) is 0 Å². The highest BCUT2D eigenvalue weighted by molar-refractivity contribution is 5.81. The topological polar surface area (TPSA) is 41.6 Å². The number of likely N-dealkylation sites (tertiary alicyclic amines) is 1. The highest BCUT2D eigenvalue weighted by Crippen LogP contribution is 2.37. The second kappa shape index (κ2) is 5.41. The van der Waals surface area contributed by atoms with Gasteiger partial charge in [-0.25, -0.2) is 0 Å². The van der Waals surface area contributed by atoms with Crippen LogP contribution in [-0.4, -0.2) is 48.7 Å². The largest absolute Gasteiger partial charge is 0.468 e. The van der Waals surface area contributed by atoms with Crippen LogP contribution in [-0.2, 0) is 9.53 Å². The Morgan fingerprint density at radius 3 is 2.58 bits per heavy atom. The maximum Gasteiger partial charge on any atom is 0.326 e. The molecule has 0 aromatic carbocycles. The molecule has 4 nitrogen and oxygen atoms in total. The predicted molar refractivity (Wildman–Crippen MR) is 74.0 cm³/mol. The number of hydrogen-bond donors (Lipinski definition) is 1. The van der Waals surface area contributed by atoms with Gasteiger partial charge in [0.05, 0.1) is 7.11 Å². The molecule has 4 heteroatoms. The van der Waals surface area contributed by atoms with Gasteiger partial charge in [-0.2, -0.15) is 0 Å². The van der Waals surface area contributed by atoms with Gasteiger partial charge in [-0.15, -0.1) is 0 Å².